The molecule has 0 aliphatic carbocycles. The van der Waals surface area contributed by atoms with Crippen LogP contribution < -0.4 is 0 Å². The summed E-state index contributed by atoms with van der Waals surface area (Å²) in [6.07, 6.45) is 6.24. The fraction of sp³-hybridized carbons (Fsp3) is 0.314. The lowest BCUT2D eigenvalue weighted by molar-refractivity contribution is 0.0929. The molecule has 2 atom stereocenters. The van der Waals surface area contributed by atoms with Crippen LogP contribution in [0.5, 0.6) is 0 Å². The summed E-state index contributed by atoms with van der Waals surface area (Å²) < 4.78 is 10.5. The molecule has 0 bridgehead atoms. The van der Waals surface area contributed by atoms with Crippen molar-refractivity contribution in [1.82, 2.24) is 29.7 Å². The molecule has 4 heterocycles. The lowest BCUT2D eigenvalue weighted by Crippen LogP contribution is -2.43. The van der Waals surface area contributed by atoms with Crippen LogP contribution in [0.3, 0.4) is 0 Å². The Morgan fingerprint density at radius 3 is 1.98 bits per heavy atom. The van der Waals surface area contributed by atoms with Gasteiger partial charge in [-0.15, -0.1) is 0 Å². The van der Waals surface area contributed by atoms with Gasteiger partial charge in [0.25, 0.3) is 0 Å². The SMILES string of the molecule is C=C(C)OC(=O)N1CCC[C@H]1c1ncc(-c2ccc(-c3ccc(-c4cnc([C@]5(C)CCCN5C(=O)OC(=C)C)[nH]4)cc3)cc2)[nH]1. The number of aromatic amines is 2. The number of nitrogens with zero attached hydrogens (tertiary/aromatic N) is 4. The van der Waals surface area contributed by atoms with Gasteiger partial charge < -0.3 is 19.4 Å². The Morgan fingerprint density at radius 2 is 1.36 bits per heavy atom. The first-order chi connectivity index (χ1) is 21.6. The van der Waals surface area contributed by atoms with E-state index in [1.807, 2.05) is 19.3 Å². The number of H-pyrrole nitrogens is 2. The molecule has 2 aliphatic rings. The molecule has 2 aliphatic heterocycles. The van der Waals surface area contributed by atoms with Crippen LogP contribution in [0, 0.1) is 0 Å². The zero-order valence-electron chi connectivity index (χ0n) is 25.9. The van der Waals surface area contributed by atoms with Gasteiger partial charge in [0.15, 0.2) is 0 Å². The van der Waals surface area contributed by atoms with E-state index in [-0.39, 0.29) is 12.1 Å². The van der Waals surface area contributed by atoms with E-state index < -0.39 is 11.6 Å². The van der Waals surface area contributed by atoms with E-state index in [1.165, 1.54) is 0 Å². The van der Waals surface area contributed by atoms with Crippen molar-refractivity contribution in [2.75, 3.05) is 13.1 Å². The molecule has 0 saturated carbocycles. The average Bonchev–Trinajstić information content (AvgIpc) is 3.83. The molecule has 2 aromatic heterocycles. The van der Waals surface area contributed by atoms with Crippen LogP contribution in [0.1, 0.15) is 64.1 Å². The van der Waals surface area contributed by atoms with Crippen LogP contribution in [0.15, 0.2) is 85.6 Å². The zero-order chi connectivity index (χ0) is 31.7. The highest BCUT2D eigenvalue weighted by Gasteiger charge is 2.44. The van der Waals surface area contributed by atoms with E-state index >= 15 is 0 Å². The van der Waals surface area contributed by atoms with E-state index in [4.69, 9.17) is 9.47 Å². The van der Waals surface area contributed by atoms with Crippen molar-refractivity contribution in [1.29, 1.82) is 0 Å². The van der Waals surface area contributed by atoms with Gasteiger partial charge in [-0.25, -0.2) is 19.6 Å². The third kappa shape index (κ3) is 6.00. The number of carbonyl (C=O) groups is 2. The number of carbonyl (C=O) groups excluding carboxylic acids is 2. The molecule has 6 rings (SSSR count). The molecule has 10 heteroatoms. The number of ether oxygens (including phenoxy) is 2. The topological polar surface area (TPSA) is 116 Å². The summed E-state index contributed by atoms with van der Waals surface area (Å²) in [4.78, 5) is 44.7. The molecule has 232 valence electrons. The molecule has 10 nitrogen and oxygen atoms in total. The smallest absolute Gasteiger partial charge is 0.415 e. The van der Waals surface area contributed by atoms with Crippen LogP contribution in [-0.2, 0) is 15.0 Å². The third-order valence-electron chi connectivity index (χ3n) is 8.59. The number of hydrogen-bond acceptors (Lipinski definition) is 6. The van der Waals surface area contributed by atoms with Crippen LogP contribution in [0.4, 0.5) is 9.59 Å². The predicted octanol–water partition coefficient (Wildman–Crippen LogP) is 7.92. The van der Waals surface area contributed by atoms with Gasteiger partial charge in [0.1, 0.15) is 17.2 Å². The fourth-order valence-corrected chi connectivity index (χ4v) is 6.26. The van der Waals surface area contributed by atoms with Gasteiger partial charge in [-0.05, 0) is 68.7 Å². The molecule has 45 heavy (non-hydrogen) atoms. The highest BCUT2D eigenvalue weighted by atomic mass is 16.6. The Kier molecular flexibility index (Phi) is 8.05. The summed E-state index contributed by atoms with van der Waals surface area (Å²) in [6, 6.07) is 16.5. The van der Waals surface area contributed by atoms with Crippen LogP contribution in [0.25, 0.3) is 33.6 Å². The summed E-state index contributed by atoms with van der Waals surface area (Å²) in [5, 5.41) is 0. The van der Waals surface area contributed by atoms with E-state index in [0.717, 1.165) is 71.0 Å². The van der Waals surface area contributed by atoms with Gasteiger partial charge in [-0.1, -0.05) is 61.7 Å². The maximum atomic E-state index is 12.7. The first-order valence-electron chi connectivity index (χ1n) is 15.2. The van der Waals surface area contributed by atoms with Crippen LogP contribution in [0.2, 0.25) is 0 Å². The summed E-state index contributed by atoms with van der Waals surface area (Å²) >= 11 is 0. The monoisotopic (exact) mass is 606 g/mol. The summed E-state index contributed by atoms with van der Waals surface area (Å²) in [7, 11) is 0. The van der Waals surface area contributed by atoms with Crippen molar-refractivity contribution in [2.24, 2.45) is 0 Å². The number of allylic oxidation sites excluding steroid dienone is 2. The van der Waals surface area contributed by atoms with Gasteiger partial charge in [0, 0.05) is 13.1 Å². The first-order valence-corrected chi connectivity index (χ1v) is 15.2. The number of amides is 2. The molecule has 0 unspecified atom stereocenters. The van der Waals surface area contributed by atoms with Gasteiger partial charge in [-0.2, -0.15) is 0 Å². The zero-order valence-corrected chi connectivity index (χ0v) is 25.9. The second-order valence-electron chi connectivity index (χ2n) is 12.0. The van der Waals surface area contributed by atoms with E-state index in [1.54, 1.807) is 23.6 Å². The molecule has 2 saturated heterocycles. The Hall–Kier alpha value is -5.12. The minimum atomic E-state index is -0.575. The molecule has 0 radical (unpaired) electrons. The van der Waals surface area contributed by atoms with Gasteiger partial charge in [0.05, 0.1) is 41.3 Å². The normalized spacial score (nSPS) is 19.5. The Balaban J connectivity index is 1.13. The number of aromatic nitrogens is 4. The minimum Gasteiger partial charge on any atom is -0.416 e. The fourth-order valence-electron chi connectivity index (χ4n) is 6.26. The summed E-state index contributed by atoms with van der Waals surface area (Å²) in [5.74, 6) is 2.24. The molecule has 2 fully saturated rings. The lowest BCUT2D eigenvalue weighted by atomic mass is 9.98. The Bertz CT molecular complexity index is 1740. The largest absolute Gasteiger partial charge is 0.416 e. The van der Waals surface area contributed by atoms with Crippen molar-refractivity contribution < 1.29 is 19.1 Å². The highest BCUT2D eigenvalue weighted by Crippen LogP contribution is 2.39. The second kappa shape index (κ2) is 12.1. The van der Waals surface area contributed by atoms with Crippen molar-refractivity contribution in [2.45, 2.75) is 58.0 Å². The Morgan fingerprint density at radius 1 is 0.800 bits per heavy atom. The maximum Gasteiger partial charge on any atom is 0.415 e. The average molecular weight is 607 g/mol. The Labute approximate surface area is 262 Å². The van der Waals surface area contributed by atoms with Crippen molar-refractivity contribution >= 4 is 12.2 Å². The van der Waals surface area contributed by atoms with Gasteiger partial charge in [-0.3, -0.25) is 9.80 Å². The number of rotatable bonds is 7. The molecule has 4 aromatic rings. The standard InChI is InChI=1S/C35H38N6O4/c1-22(2)44-33(42)40-18-6-8-30(40)31-36-20-28(38-31)26-13-9-24(10-14-26)25-11-15-27(16-12-25)29-21-37-32(39-29)35(5)17-7-19-41(35)34(43)45-23(3)4/h9-16,20-21,30H,1,3,6-8,17-19H2,2,4-5H3,(H,36,38)(H,37,39)/t30-,35-/m0/s1. The quantitative estimate of drug-likeness (QED) is 0.206. The lowest BCUT2D eigenvalue weighted by Gasteiger charge is -2.32. The molecule has 2 aromatic carbocycles. The second-order valence-corrected chi connectivity index (χ2v) is 12.0. The predicted molar refractivity (Wildman–Crippen MR) is 172 cm³/mol. The van der Waals surface area contributed by atoms with Crippen molar-refractivity contribution in [3.05, 3.63) is 97.2 Å². The van der Waals surface area contributed by atoms with E-state index in [9.17, 15) is 9.59 Å². The number of imidazole rings is 2. The van der Waals surface area contributed by atoms with E-state index in [0.29, 0.717) is 24.6 Å². The van der Waals surface area contributed by atoms with Gasteiger partial charge in [0.2, 0.25) is 0 Å². The molecule has 2 amide bonds. The van der Waals surface area contributed by atoms with Gasteiger partial charge >= 0.3 is 12.2 Å². The van der Waals surface area contributed by atoms with E-state index in [2.05, 4.69) is 81.6 Å². The molecular weight excluding hydrogens is 568 g/mol. The highest BCUT2D eigenvalue weighted by molar-refractivity contribution is 5.73. The van der Waals surface area contributed by atoms with Crippen LogP contribution in [-0.4, -0.2) is 55.0 Å². The summed E-state index contributed by atoms with van der Waals surface area (Å²) in [5.41, 5.74) is 5.39. The maximum absolute atomic E-state index is 12.7. The molecule has 2 N–H and O–H groups in total. The first kappa shape index (κ1) is 29.9. The number of hydrogen-bond donors (Lipinski definition) is 2. The summed E-state index contributed by atoms with van der Waals surface area (Å²) in [6.45, 7) is 14.0. The number of likely N-dealkylation sites (tertiary alicyclic amines) is 2. The third-order valence-corrected chi connectivity index (χ3v) is 8.59. The number of nitrogens with one attached hydrogen (secondary N) is 2. The number of benzene rings is 2. The minimum absolute atomic E-state index is 0.146. The van der Waals surface area contributed by atoms with Crippen LogP contribution >= 0.6 is 0 Å². The molecule has 0 spiro atoms. The van der Waals surface area contributed by atoms with Crippen molar-refractivity contribution in [3.8, 4) is 33.6 Å². The van der Waals surface area contributed by atoms with Crippen molar-refractivity contribution in [3.63, 3.8) is 0 Å². The molecular formula is C35H38N6O4.